The second-order valence-electron chi connectivity index (χ2n) is 8.66. The van der Waals surface area contributed by atoms with E-state index in [1.165, 1.54) is 4.90 Å². The Morgan fingerprint density at radius 2 is 1.40 bits per heavy atom. The normalized spacial score (nSPS) is 30.1. The fraction of sp³-hybridized carbons (Fsp3) is 0.259. The van der Waals surface area contributed by atoms with Gasteiger partial charge in [-0.15, -0.1) is 0 Å². The van der Waals surface area contributed by atoms with Gasteiger partial charge in [-0.3, -0.25) is 0 Å². The van der Waals surface area contributed by atoms with Crippen LogP contribution in [0.5, 0.6) is 0 Å². The molecule has 0 radical (unpaired) electrons. The van der Waals surface area contributed by atoms with Crippen LogP contribution in [0.15, 0.2) is 84.9 Å². The van der Waals surface area contributed by atoms with Crippen LogP contribution in [-0.2, 0) is 14.2 Å². The molecule has 1 N–H and O–H groups in total. The Morgan fingerprint density at radius 1 is 0.800 bits per heavy atom. The zero-order valence-electron chi connectivity index (χ0n) is 18.6. The third kappa shape index (κ3) is 4.02. The van der Waals surface area contributed by atoms with Crippen molar-refractivity contribution in [3.63, 3.8) is 0 Å². The number of carbonyl (C=O) groups excluding carboxylic acids is 2. The zero-order valence-corrected chi connectivity index (χ0v) is 20.3. The van der Waals surface area contributed by atoms with E-state index >= 15 is 0 Å². The molecular weight excluding hydrogens is 513 g/mol. The van der Waals surface area contributed by atoms with Gasteiger partial charge in [0.25, 0.3) is 0 Å². The molecule has 3 aromatic carbocycles. The predicted octanol–water partition coefficient (Wildman–Crippen LogP) is 1.88. The second-order valence-corrected chi connectivity index (χ2v) is 11.1. The molecule has 7 nitrogen and oxygen atoms in total. The number of carbonyl (C=O) groups is 2. The van der Waals surface area contributed by atoms with Crippen molar-refractivity contribution in [1.29, 1.82) is 0 Å². The number of benzene rings is 3. The molecule has 0 saturated carbocycles. The summed E-state index contributed by atoms with van der Waals surface area (Å²) >= 11 is -0.288. The van der Waals surface area contributed by atoms with Crippen molar-refractivity contribution < 1.29 is 28.9 Å². The van der Waals surface area contributed by atoms with Crippen LogP contribution in [0.4, 0.5) is 0 Å². The molecule has 6 rings (SSSR count). The number of aliphatic hydroxyl groups excluding tert-OH is 1. The number of fused-ring (bicyclic) bond motifs is 2. The topological polar surface area (TPSA) is 85.3 Å². The number of ether oxygens (including phenoxy) is 3. The summed E-state index contributed by atoms with van der Waals surface area (Å²) in [6.07, 6.45) is -3.09. The molecule has 3 aliphatic heterocycles. The van der Waals surface area contributed by atoms with E-state index in [9.17, 15) is 14.7 Å². The number of aliphatic hydroxyl groups is 1. The summed E-state index contributed by atoms with van der Waals surface area (Å²) in [7, 11) is 0. The summed E-state index contributed by atoms with van der Waals surface area (Å²) in [6, 6.07) is 25.1. The standard InChI is InChI=1S/C27H23NO6Se/c29-22-21(28-24(30)18-13-7-8-14-19(18)25(28)31)27(35-17-11-5-2-6-12-17)33-20-15-32-26(34-23(20)22)16-9-3-1-4-10-16/h1-14,20-23,26-27,29H,15H2/t20-,21-,22-,23-,26?,27+/m1/s1. The van der Waals surface area contributed by atoms with Crippen LogP contribution >= 0.6 is 0 Å². The molecule has 3 heterocycles. The number of hydrogen-bond acceptors (Lipinski definition) is 6. The van der Waals surface area contributed by atoms with Crippen molar-refractivity contribution in [1.82, 2.24) is 4.90 Å². The molecule has 6 atom stereocenters. The molecule has 0 aliphatic carbocycles. The summed E-state index contributed by atoms with van der Waals surface area (Å²) in [4.78, 5) is 27.9. The van der Waals surface area contributed by atoms with Crippen molar-refractivity contribution >= 4 is 31.2 Å². The summed E-state index contributed by atoms with van der Waals surface area (Å²) in [5.74, 6) is -0.838. The van der Waals surface area contributed by atoms with Gasteiger partial charge in [0, 0.05) is 0 Å². The Labute approximate surface area is 208 Å². The van der Waals surface area contributed by atoms with E-state index in [-0.39, 0.29) is 21.6 Å². The van der Waals surface area contributed by atoms with Crippen LogP contribution in [0, 0.1) is 0 Å². The molecule has 1 unspecified atom stereocenters. The monoisotopic (exact) mass is 537 g/mol. The van der Waals surface area contributed by atoms with E-state index in [2.05, 4.69) is 0 Å². The molecular formula is C27H23NO6Se. The summed E-state index contributed by atoms with van der Waals surface area (Å²) in [5.41, 5.74) is 1.51. The Bertz CT molecular complexity index is 1200. The van der Waals surface area contributed by atoms with Gasteiger partial charge in [-0.1, -0.05) is 0 Å². The first-order valence-electron chi connectivity index (χ1n) is 11.5. The molecule has 0 bridgehead atoms. The van der Waals surface area contributed by atoms with E-state index in [1.54, 1.807) is 24.3 Å². The molecule has 2 amide bonds. The third-order valence-electron chi connectivity index (χ3n) is 6.52. The van der Waals surface area contributed by atoms with Crippen LogP contribution in [0.25, 0.3) is 0 Å². The minimum atomic E-state index is -1.14. The SMILES string of the molecule is O=C1c2ccccc2C(=O)N1[C@@H]1[C@@H](O)[C@@H]2OC(c3ccccc3)OC[C@H]2O[C@H]1[Se]c1ccccc1. The number of rotatable bonds is 4. The number of nitrogens with zero attached hydrogens (tertiary/aromatic N) is 1. The average Bonchev–Trinajstić information content (AvgIpc) is 3.15. The van der Waals surface area contributed by atoms with E-state index in [1.807, 2.05) is 60.7 Å². The van der Waals surface area contributed by atoms with Gasteiger partial charge in [0.15, 0.2) is 0 Å². The van der Waals surface area contributed by atoms with Crippen molar-refractivity contribution in [2.24, 2.45) is 0 Å². The minimum absolute atomic E-state index is 0.234. The molecule has 178 valence electrons. The van der Waals surface area contributed by atoms with Crippen LogP contribution in [0.3, 0.4) is 0 Å². The predicted molar refractivity (Wildman–Crippen MR) is 127 cm³/mol. The van der Waals surface area contributed by atoms with Crippen molar-refractivity contribution in [2.75, 3.05) is 6.61 Å². The van der Waals surface area contributed by atoms with Gasteiger partial charge < -0.3 is 0 Å². The van der Waals surface area contributed by atoms with Crippen LogP contribution in [0.1, 0.15) is 32.6 Å². The van der Waals surface area contributed by atoms with Gasteiger partial charge in [-0.25, -0.2) is 0 Å². The first-order valence-corrected chi connectivity index (χ1v) is 13.3. The molecule has 3 aliphatic rings. The number of amides is 2. The van der Waals surface area contributed by atoms with Gasteiger partial charge in [0.05, 0.1) is 0 Å². The van der Waals surface area contributed by atoms with E-state index in [0.29, 0.717) is 11.1 Å². The van der Waals surface area contributed by atoms with Gasteiger partial charge in [-0.2, -0.15) is 0 Å². The maximum atomic E-state index is 13.4. The van der Waals surface area contributed by atoms with Crippen molar-refractivity contribution in [2.45, 2.75) is 35.6 Å². The molecule has 2 fully saturated rings. The van der Waals surface area contributed by atoms with Gasteiger partial charge >= 0.3 is 209 Å². The first kappa shape index (κ1) is 22.6. The molecule has 2 saturated heterocycles. The average molecular weight is 536 g/mol. The maximum absolute atomic E-state index is 13.4. The fourth-order valence-corrected chi connectivity index (χ4v) is 7.36. The second kappa shape index (κ2) is 9.32. The molecule has 8 heteroatoms. The van der Waals surface area contributed by atoms with Crippen molar-refractivity contribution in [3.05, 3.63) is 102 Å². The molecule has 0 aromatic heterocycles. The van der Waals surface area contributed by atoms with Crippen LogP contribution < -0.4 is 4.46 Å². The zero-order chi connectivity index (χ0) is 23.9. The van der Waals surface area contributed by atoms with E-state index in [4.69, 9.17) is 14.2 Å². The number of imide groups is 1. The van der Waals surface area contributed by atoms with Crippen LogP contribution in [-0.4, -0.2) is 72.7 Å². The Balaban J connectivity index is 1.34. The van der Waals surface area contributed by atoms with Crippen LogP contribution in [0.2, 0.25) is 0 Å². The Kier molecular flexibility index (Phi) is 6.02. The molecule has 3 aromatic rings. The Hall–Kier alpha value is -2.84. The summed E-state index contributed by atoms with van der Waals surface area (Å²) in [5, 5.41) is 11.1. The molecule has 35 heavy (non-hydrogen) atoms. The van der Waals surface area contributed by atoms with Gasteiger partial charge in [0.1, 0.15) is 0 Å². The first-order chi connectivity index (χ1) is 17.1. The Morgan fingerprint density at radius 3 is 2.06 bits per heavy atom. The summed E-state index contributed by atoms with van der Waals surface area (Å²) < 4.78 is 19.6. The van der Waals surface area contributed by atoms with E-state index in [0.717, 1.165) is 10.0 Å². The molecule has 0 spiro atoms. The van der Waals surface area contributed by atoms with Gasteiger partial charge in [0.2, 0.25) is 0 Å². The van der Waals surface area contributed by atoms with E-state index < -0.39 is 47.5 Å². The van der Waals surface area contributed by atoms with Crippen molar-refractivity contribution in [3.8, 4) is 0 Å². The van der Waals surface area contributed by atoms with Gasteiger partial charge in [-0.05, 0) is 0 Å². The summed E-state index contributed by atoms with van der Waals surface area (Å²) in [6.45, 7) is 0.234. The number of hydrogen-bond donors (Lipinski definition) is 1. The quantitative estimate of drug-likeness (QED) is 0.405. The third-order valence-corrected chi connectivity index (χ3v) is 8.97. The fourth-order valence-electron chi connectivity index (χ4n) is 4.84.